The SMILES string of the molecule is C=CCN(CC=C)CC(O)COCCC[Si](C)(OCC)OCC. The zero-order chi connectivity index (χ0) is 17.6. The number of aliphatic hydroxyl groups excluding tert-OH is 1. The first-order chi connectivity index (χ1) is 11.0. The van der Waals surface area contributed by atoms with Crippen LogP contribution in [-0.4, -0.2) is 70.7 Å². The van der Waals surface area contributed by atoms with Crippen LogP contribution >= 0.6 is 0 Å². The molecular formula is C17H35NO4Si. The fraction of sp³-hybridized carbons (Fsp3) is 0.765. The number of hydrogen-bond donors (Lipinski definition) is 1. The average Bonchev–Trinajstić information content (AvgIpc) is 2.48. The van der Waals surface area contributed by atoms with Gasteiger partial charge in [0.15, 0.2) is 0 Å². The molecule has 0 aliphatic heterocycles. The van der Waals surface area contributed by atoms with E-state index in [0.29, 0.717) is 33.0 Å². The highest BCUT2D eigenvalue weighted by molar-refractivity contribution is 6.66. The predicted octanol–water partition coefficient (Wildman–Crippen LogP) is 2.57. The van der Waals surface area contributed by atoms with Crippen molar-refractivity contribution >= 4 is 8.56 Å². The molecule has 1 atom stereocenters. The third-order valence-corrected chi connectivity index (χ3v) is 6.43. The van der Waals surface area contributed by atoms with Crippen molar-refractivity contribution < 1.29 is 18.7 Å². The van der Waals surface area contributed by atoms with Crippen LogP contribution in [0.2, 0.25) is 12.6 Å². The second-order valence-electron chi connectivity index (χ2n) is 5.63. The van der Waals surface area contributed by atoms with Crippen molar-refractivity contribution in [3.05, 3.63) is 25.3 Å². The van der Waals surface area contributed by atoms with E-state index in [1.165, 1.54) is 0 Å². The molecule has 0 aromatic heterocycles. The molecule has 0 saturated heterocycles. The average molecular weight is 346 g/mol. The van der Waals surface area contributed by atoms with Gasteiger partial charge in [0.25, 0.3) is 0 Å². The van der Waals surface area contributed by atoms with Crippen molar-refractivity contribution in [3.63, 3.8) is 0 Å². The molecule has 0 saturated carbocycles. The van der Waals surface area contributed by atoms with Crippen LogP contribution in [0.25, 0.3) is 0 Å². The molecule has 6 heteroatoms. The summed E-state index contributed by atoms with van der Waals surface area (Å²) in [4.78, 5) is 2.07. The molecule has 1 N–H and O–H groups in total. The van der Waals surface area contributed by atoms with Gasteiger partial charge in [-0.25, -0.2) is 0 Å². The summed E-state index contributed by atoms with van der Waals surface area (Å²) in [6.07, 6.45) is 4.03. The molecule has 0 bridgehead atoms. The van der Waals surface area contributed by atoms with Crippen LogP contribution in [0.5, 0.6) is 0 Å². The van der Waals surface area contributed by atoms with Crippen molar-refractivity contribution in [2.24, 2.45) is 0 Å². The van der Waals surface area contributed by atoms with Crippen molar-refractivity contribution in [3.8, 4) is 0 Å². The van der Waals surface area contributed by atoms with Crippen LogP contribution in [0.1, 0.15) is 20.3 Å². The molecule has 0 radical (unpaired) electrons. The van der Waals surface area contributed by atoms with E-state index >= 15 is 0 Å². The normalized spacial score (nSPS) is 13.3. The quantitative estimate of drug-likeness (QED) is 0.265. The standard InChI is InChI=1S/C17H35NO4Si/c1-6-11-18(12-7-2)15-17(19)16-20-13-10-14-23(5,21-8-3)22-9-4/h6-7,17,19H,1-2,8-16H2,3-5H3. The lowest BCUT2D eigenvalue weighted by Gasteiger charge is -2.26. The fourth-order valence-electron chi connectivity index (χ4n) is 2.45. The summed E-state index contributed by atoms with van der Waals surface area (Å²) in [5.74, 6) is 0. The summed E-state index contributed by atoms with van der Waals surface area (Å²) >= 11 is 0. The molecular weight excluding hydrogens is 310 g/mol. The Bertz CT molecular complexity index is 299. The number of hydrogen-bond acceptors (Lipinski definition) is 5. The van der Waals surface area contributed by atoms with Crippen LogP contribution in [-0.2, 0) is 13.6 Å². The van der Waals surface area contributed by atoms with Gasteiger partial charge in [-0.2, -0.15) is 0 Å². The minimum Gasteiger partial charge on any atom is -0.395 e. The van der Waals surface area contributed by atoms with Gasteiger partial charge in [0.1, 0.15) is 0 Å². The Kier molecular flexibility index (Phi) is 13.6. The van der Waals surface area contributed by atoms with Crippen molar-refractivity contribution in [1.82, 2.24) is 4.90 Å². The predicted molar refractivity (Wildman–Crippen MR) is 98.0 cm³/mol. The molecule has 0 heterocycles. The Morgan fingerprint density at radius 2 is 1.70 bits per heavy atom. The Morgan fingerprint density at radius 3 is 2.17 bits per heavy atom. The van der Waals surface area contributed by atoms with E-state index in [0.717, 1.165) is 25.6 Å². The lowest BCUT2D eigenvalue weighted by Crippen LogP contribution is -2.39. The lowest BCUT2D eigenvalue weighted by atomic mass is 10.3. The molecule has 0 fully saturated rings. The molecule has 0 spiro atoms. The molecule has 23 heavy (non-hydrogen) atoms. The number of ether oxygens (including phenoxy) is 1. The maximum absolute atomic E-state index is 10.0. The lowest BCUT2D eigenvalue weighted by molar-refractivity contribution is 0.0199. The van der Waals surface area contributed by atoms with Gasteiger partial charge in [0, 0.05) is 39.5 Å². The van der Waals surface area contributed by atoms with E-state index in [2.05, 4.69) is 24.6 Å². The van der Waals surface area contributed by atoms with E-state index in [9.17, 15) is 5.11 Å². The number of rotatable bonds is 16. The van der Waals surface area contributed by atoms with E-state index in [1.807, 2.05) is 26.0 Å². The van der Waals surface area contributed by atoms with Crippen molar-refractivity contribution in [1.29, 1.82) is 0 Å². The highest BCUT2D eigenvalue weighted by atomic mass is 28.4. The van der Waals surface area contributed by atoms with Gasteiger partial charge in [-0.15, -0.1) is 13.2 Å². The van der Waals surface area contributed by atoms with Crippen LogP contribution in [0.3, 0.4) is 0 Å². The second-order valence-corrected chi connectivity index (χ2v) is 8.97. The van der Waals surface area contributed by atoms with Crippen molar-refractivity contribution in [2.45, 2.75) is 39.0 Å². The van der Waals surface area contributed by atoms with Crippen molar-refractivity contribution in [2.75, 3.05) is 46.1 Å². The Labute approximate surface area is 143 Å². The maximum atomic E-state index is 10.0. The third-order valence-electron chi connectivity index (χ3n) is 3.37. The topological polar surface area (TPSA) is 51.2 Å². The maximum Gasteiger partial charge on any atom is 0.334 e. The second kappa shape index (κ2) is 13.9. The Morgan fingerprint density at radius 1 is 1.13 bits per heavy atom. The highest BCUT2D eigenvalue weighted by Crippen LogP contribution is 2.15. The van der Waals surface area contributed by atoms with E-state index < -0.39 is 14.7 Å². The smallest absolute Gasteiger partial charge is 0.334 e. The molecule has 0 amide bonds. The fourth-order valence-corrected chi connectivity index (χ4v) is 4.83. The minimum absolute atomic E-state index is 0.340. The van der Waals surface area contributed by atoms with Crippen LogP contribution < -0.4 is 0 Å². The first kappa shape index (κ1) is 22.5. The zero-order valence-electron chi connectivity index (χ0n) is 15.1. The van der Waals surface area contributed by atoms with Crippen LogP contribution in [0.15, 0.2) is 25.3 Å². The molecule has 0 aliphatic rings. The van der Waals surface area contributed by atoms with Gasteiger partial charge >= 0.3 is 8.56 Å². The van der Waals surface area contributed by atoms with E-state index in [-0.39, 0.29) is 0 Å². The monoisotopic (exact) mass is 345 g/mol. The summed E-state index contributed by atoms with van der Waals surface area (Å²) in [6.45, 7) is 17.9. The van der Waals surface area contributed by atoms with E-state index in [4.69, 9.17) is 13.6 Å². The van der Waals surface area contributed by atoms with Gasteiger partial charge < -0.3 is 18.7 Å². The molecule has 5 nitrogen and oxygen atoms in total. The minimum atomic E-state index is -2.05. The third kappa shape index (κ3) is 11.6. The largest absolute Gasteiger partial charge is 0.395 e. The molecule has 0 aromatic carbocycles. The highest BCUT2D eigenvalue weighted by Gasteiger charge is 2.29. The summed E-state index contributed by atoms with van der Waals surface area (Å²) in [7, 11) is -2.05. The molecule has 136 valence electrons. The molecule has 0 aliphatic carbocycles. The Balaban J connectivity index is 3.92. The first-order valence-corrected chi connectivity index (χ1v) is 11.0. The summed E-state index contributed by atoms with van der Waals surface area (Å²) in [6, 6.07) is 0.907. The first-order valence-electron chi connectivity index (χ1n) is 8.49. The van der Waals surface area contributed by atoms with Gasteiger partial charge in [0.2, 0.25) is 0 Å². The van der Waals surface area contributed by atoms with Gasteiger partial charge in [0.05, 0.1) is 12.7 Å². The number of nitrogens with zero attached hydrogens (tertiary/aromatic N) is 1. The van der Waals surface area contributed by atoms with Crippen LogP contribution in [0, 0.1) is 0 Å². The molecule has 1 unspecified atom stereocenters. The molecule has 0 aromatic rings. The summed E-state index contributed by atoms with van der Waals surface area (Å²) in [5.41, 5.74) is 0. The van der Waals surface area contributed by atoms with Crippen LogP contribution in [0.4, 0.5) is 0 Å². The summed E-state index contributed by atoms with van der Waals surface area (Å²) < 4.78 is 17.2. The van der Waals surface area contributed by atoms with Gasteiger partial charge in [-0.3, -0.25) is 4.90 Å². The zero-order valence-corrected chi connectivity index (χ0v) is 16.1. The Hall–Kier alpha value is -0.503. The molecule has 0 rings (SSSR count). The summed E-state index contributed by atoms with van der Waals surface area (Å²) in [5, 5.41) is 10.0. The van der Waals surface area contributed by atoms with Gasteiger partial charge in [-0.1, -0.05) is 12.2 Å². The van der Waals surface area contributed by atoms with Gasteiger partial charge in [-0.05, 0) is 32.9 Å². The van der Waals surface area contributed by atoms with E-state index in [1.54, 1.807) is 0 Å². The number of aliphatic hydroxyl groups is 1.